The molecule has 156 valence electrons. The maximum atomic E-state index is 13.2. The largest absolute Gasteiger partial charge is 0.460 e. The first-order valence-electron chi connectivity index (χ1n) is 9.44. The van der Waals surface area contributed by atoms with Crippen molar-refractivity contribution in [2.45, 2.75) is 42.4 Å². The van der Waals surface area contributed by atoms with Crippen molar-refractivity contribution >= 4 is 38.4 Å². The Kier molecular flexibility index (Phi) is 5.20. The zero-order chi connectivity index (χ0) is 21.5. The van der Waals surface area contributed by atoms with Gasteiger partial charge >= 0.3 is 11.6 Å². The van der Waals surface area contributed by atoms with Crippen molar-refractivity contribution in [3.8, 4) is 0 Å². The lowest BCUT2D eigenvalue weighted by molar-refractivity contribution is -0.150. The van der Waals surface area contributed by atoms with Crippen LogP contribution in [0.2, 0.25) is 5.02 Å². The van der Waals surface area contributed by atoms with E-state index in [-0.39, 0.29) is 24.3 Å². The molecule has 3 aromatic rings. The van der Waals surface area contributed by atoms with Gasteiger partial charge in [-0.2, -0.15) is 0 Å². The minimum absolute atomic E-state index is 0.0323. The molecule has 0 unspecified atom stereocenters. The average Bonchev–Trinajstić information content (AvgIpc) is 2.64. The summed E-state index contributed by atoms with van der Waals surface area (Å²) in [6, 6.07) is 12.3. The highest BCUT2D eigenvalue weighted by Gasteiger charge is 2.57. The van der Waals surface area contributed by atoms with E-state index in [1.165, 1.54) is 30.3 Å². The third-order valence-corrected chi connectivity index (χ3v) is 8.26. The van der Waals surface area contributed by atoms with Gasteiger partial charge in [-0.3, -0.25) is 4.79 Å². The van der Waals surface area contributed by atoms with Crippen molar-refractivity contribution in [3.05, 3.63) is 75.1 Å². The fourth-order valence-corrected chi connectivity index (χ4v) is 5.83. The molecular weight excluding hydrogens is 428 g/mol. The lowest BCUT2D eigenvalue weighted by Gasteiger charge is -2.38. The highest BCUT2D eigenvalue weighted by Crippen LogP contribution is 2.44. The number of carbonyl (C=O) groups is 1. The molecule has 1 saturated carbocycles. The molecule has 30 heavy (non-hydrogen) atoms. The van der Waals surface area contributed by atoms with E-state index >= 15 is 0 Å². The minimum Gasteiger partial charge on any atom is -0.460 e. The van der Waals surface area contributed by atoms with Crippen LogP contribution in [0, 0.1) is 6.92 Å². The zero-order valence-corrected chi connectivity index (χ0v) is 17.8. The summed E-state index contributed by atoms with van der Waals surface area (Å²) in [7, 11) is -3.95. The van der Waals surface area contributed by atoms with E-state index in [2.05, 4.69) is 0 Å². The number of carbonyl (C=O) groups excluding carboxylic acids is 1. The molecule has 0 atom stereocenters. The Morgan fingerprint density at radius 2 is 1.83 bits per heavy atom. The molecule has 1 aliphatic rings. The number of aryl methyl sites for hydroxylation is 1. The number of fused-ring (bicyclic) bond motifs is 1. The number of sulfone groups is 1. The SMILES string of the molecule is Cc1ccc2c(COC(=O)C3(S(=O)(=O)c4ccc(Cl)cc4)CCC3)cc(=O)oc2c1. The molecule has 1 heterocycles. The Morgan fingerprint density at radius 1 is 1.13 bits per heavy atom. The van der Waals surface area contributed by atoms with Gasteiger partial charge in [-0.05, 0) is 62.1 Å². The molecule has 0 radical (unpaired) electrons. The Bertz CT molecular complexity index is 1290. The molecule has 2 aromatic carbocycles. The summed E-state index contributed by atoms with van der Waals surface area (Å²) in [6.07, 6.45) is 0.986. The summed E-state index contributed by atoms with van der Waals surface area (Å²) in [5.74, 6) is -0.808. The van der Waals surface area contributed by atoms with Crippen molar-refractivity contribution in [1.82, 2.24) is 0 Å². The number of hydrogen-bond acceptors (Lipinski definition) is 6. The van der Waals surface area contributed by atoms with Crippen LogP contribution in [0.25, 0.3) is 11.0 Å². The van der Waals surface area contributed by atoms with E-state index in [1.54, 1.807) is 12.1 Å². The quantitative estimate of drug-likeness (QED) is 0.431. The summed E-state index contributed by atoms with van der Waals surface area (Å²) in [5, 5.41) is 1.04. The van der Waals surface area contributed by atoms with Gasteiger partial charge in [0, 0.05) is 22.0 Å². The first-order chi connectivity index (χ1) is 14.2. The highest BCUT2D eigenvalue weighted by atomic mass is 35.5. The Hall–Kier alpha value is -2.64. The Labute approximate surface area is 178 Å². The van der Waals surface area contributed by atoms with Crippen LogP contribution in [0.15, 0.2) is 62.6 Å². The van der Waals surface area contributed by atoms with Crippen LogP contribution in [-0.2, 0) is 26.0 Å². The number of halogens is 1. The zero-order valence-electron chi connectivity index (χ0n) is 16.2. The highest BCUT2D eigenvalue weighted by molar-refractivity contribution is 7.93. The number of ether oxygens (including phenoxy) is 1. The van der Waals surface area contributed by atoms with Gasteiger partial charge in [0.15, 0.2) is 14.6 Å². The predicted octanol–water partition coefficient (Wildman–Crippen LogP) is 4.19. The topological polar surface area (TPSA) is 90.7 Å². The van der Waals surface area contributed by atoms with Crippen molar-refractivity contribution in [2.75, 3.05) is 0 Å². The van der Waals surface area contributed by atoms with Crippen molar-refractivity contribution < 1.29 is 22.4 Å². The summed E-state index contributed by atoms with van der Waals surface area (Å²) >= 11 is 5.85. The molecule has 0 spiro atoms. The van der Waals surface area contributed by atoms with E-state index < -0.39 is 26.2 Å². The number of esters is 1. The van der Waals surface area contributed by atoms with Gasteiger partial charge < -0.3 is 9.15 Å². The van der Waals surface area contributed by atoms with E-state index in [1.807, 2.05) is 13.0 Å². The van der Waals surface area contributed by atoms with Crippen LogP contribution < -0.4 is 5.63 Å². The van der Waals surface area contributed by atoms with Gasteiger partial charge in [0.25, 0.3) is 0 Å². The van der Waals surface area contributed by atoms with Crippen molar-refractivity contribution in [2.24, 2.45) is 0 Å². The Morgan fingerprint density at radius 3 is 2.47 bits per heavy atom. The second kappa shape index (κ2) is 7.56. The monoisotopic (exact) mass is 446 g/mol. The summed E-state index contributed by atoms with van der Waals surface area (Å²) in [6.45, 7) is 1.65. The first kappa shape index (κ1) is 20.6. The standard InChI is InChI=1S/C22H19ClO6S/c1-14-3-8-18-15(12-20(24)29-19(18)11-14)13-28-21(25)22(9-2-10-22)30(26,27)17-6-4-16(23)5-7-17/h3-8,11-12H,2,9-10,13H2,1H3. The normalized spacial score (nSPS) is 15.5. The molecule has 0 N–H and O–H groups in total. The second-order valence-electron chi connectivity index (χ2n) is 7.47. The average molecular weight is 447 g/mol. The fourth-order valence-electron chi connectivity index (χ4n) is 3.65. The third-order valence-electron chi connectivity index (χ3n) is 5.52. The molecule has 0 saturated heterocycles. The lowest BCUT2D eigenvalue weighted by Crippen LogP contribution is -2.52. The second-order valence-corrected chi connectivity index (χ2v) is 10.2. The van der Waals surface area contributed by atoms with Crippen LogP contribution in [0.3, 0.4) is 0 Å². The molecule has 6 nitrogen and oxygen atoms in total. The molecule has 0 amide bonds. The fraction of sp³-hybridized carbons (Fsp3) is 0.273. The smallest absolute Gasteiger partial charge is 0.336 e. The maximum absolute atomic E-state index is 13.2. The predicted molar refractivity (Wildman–Crippen MR) is 112 cm³/mol. The molecule has 0 bridgehead atoms. The van der Waals surface area contributed by atoms with Crippen LogP contribution in [0.1, 0.15) is 30.4 Å². The first-order valence-corrected chi connectivity index (χ1v) is 11.3. The van der Waals surface area contributed by atoms with Gasteiger partial charge in [-0.1, -0.05) is 23.7 Å². The van der Waals surface area contributed by atoms with Crippen molar-refractivity contribution in [1.29, 1.82) is 0 Å². The third kappa shape index (κ3) is 3.42. The molecule has 1 aromatic heterocycles. The van der Waals surface area contributed by atoms with Gasteiger partial charge in [-0.25, -0.2) is 13.2 Å². The molecule has 1 fully saturated rings. The van der Waals surface area contributed by atoms with E-state index in [0.717, 1.165) is 5.56 Å². The number of benzene rings is 2. The minimum atomic E-state index is -3.95. The summed E-state index contributed by atoms with van der Waals surface area (Å²) < 4.78 is 35.4. The van der Waals surface area contributed by atoms with E-state index in [4.69, 9.17) is 20.8 Å². The summed E-state index contributed by atoms with van der Waals surface area (Å²) in [5.41, 5.74) is 1.21. The lowest BCUT2D eigenvalue weighted by atomic mass is 9.84. The van der Waals surface area contributed by atoms with Crippen LogP contribution >= 0.6 is 11.6 Å². The van der Waals surface area contributed by atoms with Crippen LogP contribution in [0.4, 0.5) is 0 Å². The van der Waals surface area contributed by atoms with Gasteiger partial charge in [0.1, 0.15) is 12.2 Å². The molecule has 8 heteroatoms. The van der Waals surface area contributed by atoms with Crippen molar-refractivity contribution in [3.63, 3.8) is 0 Å². The molecule has 4 rings (SSSR count). The maximum Gasteiger partial charge on any atom is 0.336 e. The van der Waals surface area contributed by atoms with Gasteiger partial charge in [-0.15, -0.1) is 0 Å². The molecule has 0 aliphatic heterocycles. The number of rotatable bonds is 5. The Balaban J connectivity index is 1.63. The van der Waals surface area contributed by atoms with E-state index in [0.29, 0.717) is 28.0 Å². The molecular formula is C22H19ClO6S. The van der Waals surface area contributed by atoms with E-state index in [9.17, 15) is 18.0 Å². The van der Waals surface area contributed by atoms with Crippen LogP contribution in [0.5, 0.6) is 0 Å². The van der Waals surface area contributed by atoms with Gasteiger partial charge in [0.2, 0.25) is 0 Å². The number of hydrogen-bond donors (Lipinski definition) is 0. The molecule has 1 aliphatic carbocycles. The summed E-state index contributed by atoms with van der Waals surface area (Å²) in [4.78, 5) is 24.9. The van der Waals surface area contributed by atoms with Crippen LogP contribution in [-0.4, -0.2) is 19.1 Å². The van der Waals surface area contributed by atoms with Gasteiger partial charge in [0.05, 0.1) is 4.90 Å².